The highest BCUT2D eigenvalue weighted by Gasteiger charge is 2.42. The molecule has 2 bridgehead atoms. The molecule has 0 aliphatic carbocycles. The summed E-state index contributed by atoms with van der Waals surface area (Å²) in [6, 6.07) is 4.20. The highest BCUT2D eigenvalue weighted by Crippen LogP contribution is 2.47. The van der Waals surface area contributed by atoms with E-state index in [1.165, 1.54) is 18.2 Å². The van der Waals surface area contributed by atoms with Gasteiger partial charge in [0, 0.05) is 11.5 Å². The minimum atomic E-state index is -1.04. The number of nitrogens with zero attached hydrogens (tertiary/aromatic N) is 1. The minimum Gasteiger partial charge on any atom is -0.478 e. The van der Waals surface area contributed by atoms with Crippen LogP contribution in [0.3, 0.4) is 0 Å². The van der Waals surface area contributed by atoms with E-state index in [9.17, 15) is 14.7 Å². The lowest BCUT2D eigenvalue weighted by atomic mass is 10.1. The summed E-state index contributed by atoms with van der Waals surface area (Å²) in [6.07, 6.45) is 0. The second-order valence-electron chi connectivity index (χ2n) is 4.33. The molecule has 2 saturated heterocycles. The number of anilines is 1. The van der Waals surface area contributed by atoms with Crippen LogP contribution < -0.4 is 4.90 Å². The molecule has 0 amide bonds. The van der Waals surface area contributed by atoms with E-state index in [4.69, 9.17) is 5.11 Å². The third kappa shape index (κ3) is 2.06. The molecule has 2 atom stereocenters. The van der Waals surface area contributed by atoms with E-state index in [0.717, 1.165) is 11.5 Å². The lowest BCUT2D eigenvalue weighted by Crippen LogP contribution is -2.30. The van der Waals surface area contributed by atoms with Crippen molar-refractivity contribution in [3.05, 3.63) is 29.3 Å². The molecule has 100 valence electrons. The van der Waals surface area contributed by atoms with Crippen molar-refractivity contribution in [1.82, 2.24) is 0 Å². The molecule has 7 heteroatoms. The number of hydrogen-bond acceptors (Lipinski definition) is 5. The zero-order valence-electron chi connectivity index (χ0n) is 9.78. The molecule has 19 heavy (non-hydrogen) atoms. The van der Waals surface area contributed by atoms with Gasteiger partial charge in [-0.15, -0.1) is 23.5 Å². The monoisotopic (exact) mass is 297 g/mol. The van der Waals surface area contributed by atoms with Gasteiger partial charge in [0.05, 0.1) is 27.6 Å². The summed E-state index contributed by atoms with van der Waals surface area (Å²) in [6.45, 7) is 0. The maximum absolute atomic E-state index is 11.3. The summed E-state index contributed by atoms with van der Waals surface area (Å²) >= 11 is 3.59. The number of fused-ring (bicyclic) bond motifs is 2. The van der Waals surface area contributed by atoms with Crippen molar-refractivity contribution in [3.8, 4) is 0 Å². The quantitative estimate of drug-likeness (QED) is 0.884. The molecule has 2 heterocycles. The summed E-state index contributed by atoms with van der Waals surface area (Å²) in [7, 11) is 0. The van der Waals surface area contributed by atoms with Gasteiger partial charge in [-0.05, 0) is 18.2 Å². The van der Waals surface area contributed by atoms with E-state index in [2.05, 4.69) is 0 Å². The fourth-order valence-corrected chi connectivity index (χ4v) is 5.61. The van der Waals surface area contributed by atoms with Crippen molar-refractivity contribution in [2.24, 2.45) is 0 Å². The van der Waals surface area contributed by atoms with Gasteiger partial charge in [0.15, 0.2) is 0 Å². The topological polar surface area (TPSA) is 77.8 Å². The number of thioether (sulfide) groups is 2. The first-order chi connectivity index (χ1) is 9.08. The second-order valence-corrected chi connectivity index (χ2v) is 6.75. The zero-order chi connectivity index (χ0) is 13.6. The number of hydrogen-bond donors (Lipinski definition) is 2. The van der Waals surface area contributed by atoms with E-state index in [-0.39, 0.29) is 21.9 Å². The molecule has 0 aromatic heterocycles. The van der Waals surface area contributed by atoms with Crippen LogP contribution in [0.15, 0.2) is 18.2 Å². The van der Waals surface area contributed by atoms with E-state index in [1.54, 1.807) is 23.5 Å². The molecule has 0 saturated carbocycles. The van der Waals surface area contributed by atoms with Crippen molar-refractivity contribution < 1.29 is 19.8 Å². The summed E-state index contributed by atoms with van der Waals surface area (Å²) in [5.41, 5.74) is 0.823. The van der Waals surface area contributed by atoms with Crippen molar-refractivity contribution in [3.63, 3.8) is 0 Å². The lowest BCUT2D eigenvalue weighted by molar-refractivity contribution is 0.0681. The van der Waals surface area contributed by atoms with Gasteiger partial charge in [0.1, 0.15) is 0 Å². The van der Waals surface area contributed by atoms with Crippen LogP contribution in [0.4, 0.5) is 5.69 Å². The smallest absolute Gasteiger partial charge is 0.337 e. The number of carbonyl (C=O) groups is 2. The molecular weight excluding hydrogens is 286 g/mol. The largest absolute Gasteiger partial charge is 0.478 e. The molecule has 2 aliphatic rings. The molecule has 1 aromatic carbocycles. The Labute approximate surface area is 118 Å². The van der Waals surface area contributed by atoms with Crippen LogP contribution in [0.25, 0.3) is 0 Å². The van der Waals surface area contributed by atoms with Gasteiger partial charge in [-0.2, -0.15) is 0 Å². The Balaban J connectivity index is 2.09. The lowest BCUT2D eigenvalue weighted by Gasteiger charge is -2.24. The van der Waals surface area contributed by atoms with Crippen LogP contribution in [0.5, 0.6) is 0 Å². The van der Waals surface area contributed by atoms with Gasteiger partial charge >= 0.3 is 11.9 Å². The van der Waals surface area contributed by atoms with Gasteiger partial charge in [0.2, 0.25) is 0 Å². The van der Waals surface area contributed by atoms with Crippen LogP contribution in [0.2, 0.25) is 0 Å². The third-order valence-corrected chi connectivity index (χ3v) is 6.23. The number of aromatic carboxylic acids is 2. The molecule has 2 fully saturated rings. The van der Waals surface area contributed by atoms with Gasteiger partial charge < -0.3 is 15.1 Å². The van der Waals surface area contributed by atoms with Crippen LogP contribution in [-0.4, -0.2) is 44.4 Å². The number of benzene rings is 1. The number of carboxylic acid groups (broad SMARTS) is 2. The SMILES string of the molecule is O=C(O)c1ccc(C(=O)O)c(N2C3CSC2CS3)c1. The first kappa shape index (κ1) is 12.7. The minimum absolute atomic E-state index is 0.126. The first-order valence-electron chi connectivity index (χ1n) is 5.70. The molecule has 2 aliphatic heterocycles. The zero-order valence-corrected chi connectivity index (χ0v) is 11.4. The van der Waals surface area contributed by atoms with Gasteiger partial charge in [-0.3, -0.25) is 0 Å². The van der Waals surface area contributed by atoms with E-state index >= 15 is 0 Å². The molecule has 1 aromatic rings. The molecule has 3 rings (SSSR count). The van der Waals surface area contributed by atoms with Crippen molar-refractivity contribution >= 4 is 41.1 Å². The van der Waals surface area contributed by atoms with Crippen LogP contribution in [-0.2, 0) is 0 Å². The van der Waals surface area contributed by atoms with Gasteiger partial charge in [-0.1, -0.05) is 0 Å². The molecular formula is C12H11NO4S2. The van der Waals surface area contributed by atoms with E-state index in [0.29, 0.717) is 5.69 Å². The maximum Gasteiger partial charge on any atom is 0.337 e. The Hall–Kier alpha value is -1.34. The maximum atomic E-state index is 11.3. The third-order valence-electron chi connectivity index (χ3n) is 3.24. The average Bonchev–Trinajstić information content (AvgIpc) is 2.97. The molecule has 0 spiro atoms. The van der Waals surface area contributed by atoms with Crippen molar-refractivity contribution in [2.45, 2.75) is 10.7 Å². The van der Waals surface area contributed by atoms with Gasteiger partial charge in [-0.25, -0.2) is 9.59 Å². The number of carboxylic acids is 2. The normalized spacial score (nSPS) is 24.7. The molecule has 2 N–H and O–H groups in total. The van der Waals surface area contributed by atoms with Crippen LogP contribution in [0.1, 0.15) is 20.7 Å². The Bertz CT molecular complexity index is 543. The van der Waals surface area contributed by atoms with Crippen molar-refractivity contribution in [2.75, 3.05) is 16.4 Å². The predicted octanol–water partition coefficient (Wildman–Crippen LogP) is 2.04. The summed E-state index contributed by atoms with van der Waals surface area (Å²) in [5, 5.41) is 18.8. The van der Waals surface area contributed by atoms with Gasteiger partial charge in [0.25, 0.3) is 0 Å². The highest BCUT2D eigenvalue weighted by atomic mass is 32.2. The molecule has 5 nitrogen and oxygen atoms in total. The van der Waals surface area contributed by atoms with Crippen LogP contribution >= 0.6 is 23.5 Å². The Morgan fingerprint density at radius 2 is 1.74 bits per heavy atom. The molecule has 0 radical (unpaired) electrons. The average molecular weight is 297 g/mol. The fourth-order valence-electron chi connectivity index (χ4n) is 2.36. The fraction of sp³-hybridized carbons (Fsp3) is 0.333. The highest BCUT2D eigenvalue weighted by molar-refractivity contribution is 8.08. The van der Waals surface area contributed by atoms with E-state index < -0.39 is 11.9 Å². The summed E-state index contributed by atoms with van der Waals surface area (Å²) in [4.78, 5) is 24.4. The van der Waals surface area contributed by atoms with Crippen LogP contribution in [0, 0.1) is 0 Å². The molecule has 2 unspecified atom stereocenters. The Morgan fingerprint density at radius 1 is 1.11 bits per heavy atom. The standard InChI is InChI=1S/C12H11NO4S2/c14-11(15)6-1-2-7(12(16)17)8(3-6)13-9-4-18-10(13)5-19-9/h1-3,9-10H,4-5H2,(H,14,15)(H,16,17). The first-order valence-corrected chi connectivity index (χ1v) is 7.80. The summed E-state index contributed by atoms with van der Waals surface area (Å²) in [5.74, 6) is -0.157. The van der Waals surface area contributed by atoms with E-state index in [1.807, 2.05) is 4.90 Å². The second kappa shape index (κ2) is 4.64. The number of rotatable bonds is 3. The Kier molecular flexibility index (Phi) is 3.10. The Morgan fingerprint density at radius 3 is 2.21 bits per heavy atom. The predicted molar refractivity (Wildman–Crippen MR) is 75.3 cm³/mol. The van der Waals surface area contributed by atoms with Crippen molar-refractivity contribution in [1.29, 1.82) is 0 Å². The summed E-state index contributed by atoms with van der Waals surface area (Å²) < 4.78 is 0.